The van der Waals surface area contributed by atoms with Crippen LogP contribution in [0.1, 0.15) is 53.4 Å². The van der Waals surface area contributed by atoms with Gasteiger partial charge in [0.15, 0.2) is 0 Å². The molecule has 2 heteroatoms. The van der Waals surface area contributed by atoms with E-state index in [1.807, 2.05) is 0 Å². The number of hydrogen-bond donors (Lipinski definition) is 2. The van der Waals surface area contributed by atoms with Crippen molar-refractivity contribution in [3.8, 4) is 0 Å². The van der Waals surface area contributed by atoms with Crippen molar-refractivity contribution in [2.45, 2.75) is 65.6 Å². The van der Waals surface area contributed by atoms with Crippen molar-refractivity contribution in [2.75, 3.05) is 6.54 Å². The predicted molar refractivity (Wildman–Crippen MR) is 59.9 cm³/mol. The van der Waals surface area contributed by atoms with Crippen molar-refractivity contribution in [3.63, 3.8) is 0 Å². The van der Waals surface area contributed by atoms with Crippen LogP contribution in [0.5, 0.6) is 0 Å². The van der Waals surface area contributed by atoms with E-state index in [-0.39, 0.29) is 0 Å². The predicted octanol–water partition coefficient (Wildman–Crippen LogP) is 2.50. The molecule has 0 aliphatic carbocycles. The van der Waals surface area contributed by atoms with Crippen LogP contribution in [0.25, 0.3) is 0 Å². The van der Waals surface area contributed by atoms with Gasteiger partial charge in [-0.15, -0.1) is 0 Å². The summed E-state index contributed by atoms with van der Waals surface area (Å²) in [7, 11) is 0. The zero-order valence-electron chi connectivity index (χ0n) is 9.69. The molecule has 0 radical (unpaired) electrons. The van der Waals surface area contributed by atoms with Crippen LogP contribution in [0.4, 0.5) is 0 Å². The van der Waals surface area contributed by atoms with E-state index in [0.29, 0.717) is 12.2 Å². The van der Waals surface area contributed by atoms with E-state index in [4.69, 9.17) is 0 Å². The Bertz CT molecular complexity index is 104. The van der Waals surface area contributed by atoms with E-state index in [1.54, 1.807) is 0 Å². The molecule has 13 heavy (non-hydrogen) atoms. The Hall–Kier alpha value is -0.0800. The van der Waals surface area contributed by atoms with Gasteiger partial charge in [-0.05, 0) is 32.7 Å². The molecule has 2 unspecified atom stereocenters. The summed E-state index contributed by atoms with van der Waals surface area (Å²) in [5.74, 6) is 0. The third kappa shape index (κ3) is 7.03. The molecule has 80 valence electrons. The molecule has 0 spiro atoms. The van der Waals surface area contributed by atoms with Gasteiger partial charge in [0, 0.05) is 6.04 Å². The van der Waals surface area contributed by atoms with Gasteiger partial charge in [0.2, 0.25) is 0 Å². The first-order valence-electron chi connectivity index (χ1n) is 5.73. The lowest BCUT2D eigenvalue weighted by molar-refractivity contribution is 0.355. The molecule has 0 aromatic heterocycles. The molecule has 0 bridgehead atoms. The average molecular weight is 186 g/mol. The van der Waals surface area contributed by atoms with E-state index in [0.717, 1.165) is 6.54 Å². The third-order valence-corrected chi connectivity index (χ3v) is 2.32. The van der Waals surface area contributed by atoms with Crippen LogP contribution in [0.3, 0.4) is 0 Å². The Kier molecular flexibility index (Phi) is 8.46. The highest BCUT2D eigenvalue weighted by Gasteiger charge is 2.07. The molecule has 0 fully saturated rings. The molecular formula is C11H26N2. The van der Waals surface area contributed by atoms with Crippen molar-refractivity contribution < 1.29 is 0 Å². The molecule has 0 aromatic rings. The lowest BCUT2D eigenvalue weighted by Gasteiger charge is -2.23. The smallest absolute Gasteiger partial charge is 0.0573 e. The monoisotopic (exact) mass is 186 g/mol. The first-order chi connectivity index (χ1) is 6.24. The van der Waals surface area contributed by atoms with Crippen LogP contribution < -0.4 is 10.6 Å². The second-order valence-electron chi connectivity index (χ2n) is 3.77. The summed E-state index contributed by atoms with van der Waals surface area (Å²) in [6.45, 7) is 10.0. The summed E-state index contributed by atoms with van der Waals surface area (Å²) < 4.78 is 0. The maximum Gasteiger partial charge on any atom is 0.0573 e. The van der Waals surface area contributed by atoms with E-state index < -0.39 is 0 Å². The molecule has 0 heterocycles. The maximum atomic E-state index is 3.59. The second-order valence-corrected chi connectivity index (χ2v) is 3.77. The van der Waals surface area contributed by atoms with Crippen molar-refractivity contribution in [1.29, 1.82) is 0 Å². The minimum Gasteiger partial charge on any atom is -0.302 e. The Labute approximate surface area is 83.5 Å². The molecule has 2 N–H and O–H groups in total. The normalized spacial score (nSPS) is 15.7. The van der Waals surface area contributed by atoms with Crippen molar-refractivity contribution in [2.24, 2.45) is 0 Å². The fourth-order valence-corrected chi connectivity index (χ4v) is 1.31. The molecule has 2 nitrogen and oxygen atoms in total. The Morgan fingerprint density at radius 1 is 1.08 bits per heavy atom. The van der Waals surface area contributed by atoms with Gasteiger partial charge in [-0.2, -0.15) is 0 Å². The second kappa shape index (κ2) is 8.52. The van der Waals surface area contributed by atoms with Crippen LogP contribution in [-0.4, -0.2) is 18.8 Å². The topological polar surface area (TPSA) is 24.1 Å². The van der Waals surface area contributed by atoms with Crippen LogP contribution in [-0.2, 0) is 0 Å². The third-order valence-electron chi connectivity index (χ3n) is 2.32. The lowest BCUT2D eigenvalue weighted by atomic mass is 10.2. The average Bonchev–Trinajstić information content (AvgIpc) is 2.14. The standard InChI is InChI=1S/C11H26N2/c1-5-8-11(12-9-6-2)13-10(4)7-3/h10-13H,5-9H2,1-4H3. The van der Waals surface area contributed by atoms with E-state index in [2.05, 4.69) is 38.3 Å². The van der Waals surface area contributed by atoms with Gasteiger partial charge in [0.25, 0.3) is 0 Å². The van der Waals surface area contributed by atoms with Gasteiger partial charge in [-0.1, -0.05) is 27.2 Å². The molecule has 0 rings (SSSR count). The van der Waals surface area contributed by atoms with Gasteiger partial charge < -0.3 is 5.32 Å². The summed E-state index contributed by atoms with van der Waals surface area (Å²) in [4.78, 5) is 0. The highest BCUT2D eigenvalue weighted by atomic mass is 15.1. The Morgan fingerprint density at radius 2 is 1.77 bits per heavy atom. The van der Waals surface area contributed by atoms with Gasteiger partial charge in [-0.3, -0.25) is 5.32 Å². The molecule has 2 atom stereocenters. The molecule has 0 saturated carbocycles. The minimum absolute atomic E-state index is 0.514. The lowest BCUT2D eigenvalue weighted by Crippen LogP contribution is -2.46. The number of nitrogens with one attached hydrogen (secondary N) is 2. The number of rotatable bonds is 8. The highest BCUT2D eigenvalue weighted by Crippen LogP contribution is 1.97. The quantitative estimate of drug-likeness (QED) is 0.569. The largest absolute Gasteiger partial charge is 0.302 e. The maximum absolute atomic E-state index is 3.59. The zero-order chi connectivity index (χ0) is 10.1. The fraction of sp³-hybridized carbons (Fsp3) is 1.00. The summed E-state index contributed by atoms with van der Waals surface area (Å²) >= 11 is 0. The molecule has 0 aliphatic rings. The molecule has 0 aliphatic heterocycles. The Balaban J connectivity index is 3.65. The summed E-state index contributed by atoms with van der Waals surface area (Å²) in [5.41, 5.74) is 0. The molecule has 0 aromatic carbocycles. The molecule has 0 saturated heterocycles. The zero-order valence-corrected chi connectivity index (χ0v) is 9.69. The van der Waals surface area contributed by atoms with Gasteiger partial charge in [0.1, 0.15) is 0 Å². The van der Waals surface area contributed by atoms with Crippen molar-refractivity contribution in [1.82, 2.24) is 10.6 Å². The first kappa shape index (κ1) is 12.9. The Morgan fingerprint density at radius 3 is 2.23 bits per heavy atom. The van der Waals surface area contributed by atoms with Crippen molar-refractivity contribution in [3.05, 3.63) is 0 Å². The van der Waals surface area contributed by atoms with Gasteiger partial charge in [-0.25, -0.2) is 0 Å². The van der Waals surface area contributed by atoms with Gasteiger partial charge >= 0.3 is 0 Å². The molecular weight excluding hydrogens is 160 g/mol. The summed E-state index contributed by atoms with van der Waals surface area (Å²) in [5, 5.41) is 7.12. The summed E-state index contributed by atoms with van der Waals surface area (Å²) in [6.07, 6.45) is 5.39. The van der Waals surface area contributed by atoms with Gasteiger partial charge in [0.05, 0.1) is 6.17 Å². The highest BCUT2D eigenvalue weighted by molar-refractivity contribution is 4.68. The van der Waals surface area contributed by atoms with E-state index >= 15 is 0 Å². The first-order valence-corrected chi connectivity index (χ1v) is 5.73. The van der Waals surface area contributed by atoms with Crippen molar-refractivity contribution >= 4 is 0 Å². The molecule has 0 amide bonds. The number of hydrogen-bond acceptors (Lipinski definition) is 2. The van der Waals surface area contributed by atoms with Crippen LogP contribution in [0.15, 0.2) is 0 Å². The van der Waals surface area contributed by atoms with Crippen LogP contribution >= 0.6 is 0 Å². The summed E-state index contributed by atoms with van der Waals surface area (Å²) in [6, 6.07) is 0.626. The van der Waals surface area contributed by atoms with E-state index in [9.17, 15) is 0 Å². The van der Waals surface area contributed by atoms with Crippen LogP contribution in [0, 0.1) is 0 Å². The van der Waals surface area contributed by atoms with E-state index in [1.165, 1.54) is 25.7 Å². The minimum atomic E-state index is 0.514. The fourth-order valence-electron chi connectivity index (χ4n) is 1.31. The SMILES string of the molecule is CCCNC(CCC)NC(C)CC. The van der Waals surface area contributed by atoms with Crippen LogP contribution in [0.2, 0.25) is 0 Å².